The van der Waals surface area contributed by atoms with E-state index < -0.39 is 6.04 Å². The number of hydrogen-bond acceptors (Lipinski definition) is 6. The molecule has 2 N–H and O–H groups in total. The van der Waals surface area contributed by atoms with Gasteiger partial charge in [0.2, 0.25) is 0 Å². The van der Waals surface area contributed by atoms with Gasteiger partial charge in [-0.25, -0.2) is 0 Å². The topological polar surface area (TPSA) is 61.6 Å². The lowest BCUT2D eigenvalue weighted by Crippen LogP contribution is -2.35. The Bertz CT molecular complexity index is 198. The summed E-state index contributed by atoms with van der Waals surface area (Å²) in [5.74, 6) is 0.575. The average molecular weight is 251 g/mol. The number of esters is 1. The molecule has 88 valence electrons. The molecule has 0 aromatic rings. The number of rotatable bonds is 6. The first-order chi connectivity index (χ1) is 7.24. The standard InChI is InChI=1S/C9H17NO3S2/c1-14-15-5-3-8(10)9(11)13-7-2-4-12-6-7/h7-8H,2-6,10H2,1H3. The van der Waals surface area contributed by atoms with Crippen molar-refractivity contribution in [3.05, 3.63) is 0 Å². The SMILES string of the molecule is CSSCCC(N)C(=O)OC1CCOC1. The van der Waals surface area contributed by atoms with Crippen LogP contribution in [0.2, 0.25) is 0 Å². The molecule has 4 nitrogen and oxygen atoms in total. The molecule has 0 aliphatic carbocycles. The fourth-order valence-electron chi connectivity index (χ4n) is 1.23. The molecule has 0 spiro atoms. The first-order valence-corrected chi connectivity index (χ1v) is 7.66. The minimum atomic E-state index is -0.495. The third kappa shape index (κ3) is 5.10. The molecule has 0 saturated carbocycles. The highest BCUT2D eigenvalue weighted by Crippen LogP contribution is 2.18. The summed E-state index contributed by atoms with van der Waals surface area (Å²) in [4.78, 5) is 11.5. The maximum Gasteiger partial charge on any atom is 0.323 e. The highest BCUT2D eigenvalue weighted by molar-refractivity contribution is 8.76. The Hall–Kier alpha value is 0.0900. The van der Waals surface area contributed by atoms with Crippen LogP contribution in [0, 0.1) is 0 Å². The third-order valence-electron chi connectivity index (χ3n) is 2.10. The molecule has 2 atom stereocenters. The molecule has 1 aliphatic heterocycles. The normalized spacial score (nSPS) is 22.7. The summed E-state index contributed by atoms with van der Waals surface area (Å²) in [6.07, 6.45) is 3.37. The van der Waals surface area contributed by atoms with Crippen molar-refractivity contribution >= 4 is 27.6 Å². The van der Waals surface area contributed by atoms with Crippen molar-refractivity contribution in [2.24, 2.45) is 5.73 Å². The fourth-order valence-corrected chi connectivity index (χ4v) is 2.54. The first kappa shape index (κ1) is 13.2. The van der Waals surface area contributed by atoms with Gasteiger partial charge in [0.05, 0.1) is 13.2 Å². The molecule has 0 bridgehead atoms. The predicted octanol–water partition coefficient (Wildman–Crippen LogP) is 1.05. The quantitative estimate of drug-likeness (QED) is 0.432. The molecule has 15 heavy (non-hydrogen) atoms. The number of hydrogen-bond donors (Lipinski definition) is 1. The van der Waals surface area contributed by atoms with Crippen molar-refractivity contribution in [1.29, 1.82) is 0 Å². The smallest absolute Gasteiger partial charge is 0.323 e. The van der Waals surface area contributed by atoms with E-state index in [4.69, 9.17) is 15.2 Å². The number of carbonyl (C=O) groups is 1. The second kappa shape index (κ2) is 7.38. The summed E-state index contributed by atoms with van der Waals surface area (Å²) in [5, 5.41) is 0. The minimum Gasteiger partial charge on any atom is -0.459 e. The van der Waals surface area contributed by atoms with Crippen molar-refractivity contribution in [3.8, 4) is 0 Å². The first-order valence-electron chi connectivity index (χ1n) is 4.93. The van der Waals surface area contributed by atoms with Crippen LogP contribution in [-0.2, 0) is 14.3 Å². The van der Waals surface area contributed by atoms with Gasteiger partial charge in [-0.3, -0.25) is 4.79 Å². The zero-order valence-corrected chi connectivity index (χ0v) is 10.4. The minimum absolute atomic E-state index is 0.0863. The lowest BCUT2D eigenvalue weighted by Gasteiger charge is -2.14. The maximum absolute atomic E-state index is 11.5. The van der Waals surface area contributed by atoms with Crippen molar-refractivity contribution in [2.75, 3.05) is 25.2 Å². The molecule has 1 fully saturated rings. The van der Waals surface area contributed by atoms with E-state index in [1.165, 1.54) is 0 Å². The van der Waals surface area contributed by atoms with E-state index in [1.807, 2.05) is 6.26 Å². The van der Waals surface area contributed by atoms with Gasteiger partial charge in [0.25, 0.3) is 0 Å². The average Bonchev–Trinajstić information content (AvgIpc) is 2.70. The van der Waals surface area contributed by atoms with E-state index in [0.717, 1.165) is 12.2 Å². The van der Waals surface area contributed by atoms with Crippen LogP contribution in [-0.4, -0.2) is 43.3 Å². The molecule has 0 aromatic carbocycles. The van der Waals surface area contributed by atoms with Crippen LogP contribution in [0.4, 0.5) is 0 Å². The summed E-state index contributed by atoms with van der Waals surface area (Å²) in [7, 11) is 3.38. The summed E-state index contributed by atoms with van der Waals surface area (Å²) >= 11 is 0. The monoisotopic (exact) mass is 251 g/mol. The summed E-state index contributed by atoms with van der Waals surface area (Å²) in [6.45, 7) is 1.19. The predicted molar refractivity (Wildman–Crippen MR) is 63.9 cm³/mol. The lowest BCUT2D eigenvalue weighted by molar-refractivity contribution is -0.150. The van der Waals surface area contributed by atoms with Crippen LogP contribution in [0.5, 0.6) is 0 Å². The van der Waals surface area contributed by atoms with E-state index >= 15 is 0 Å². The Morgan fingerprint density at radius 3 is 3.13 bits per heavy atom. The molecule has 2 unspecified atom stereocenters. The molecule has 1 rings (SSSR count). The van der Waals surface area contributed by atoms with Crippen molar-refractivity contribution in [1.82, 2.24) is 0 Å². The Kier molecular flexibility index (Phi) is 6.47. The van der Waals surface area contributed by atoms with Gasteiger partial charge in [-0.15, -0.1) is 0 Å². The number of nitrogens with two attached hydrogens (primary N) is 1. The molecule has 0 radical (unpaired) electrons. The fraction of sp³-hybridized carbons (Fsp3) is 0.889. The van der Waals surface area contributed by atoms with Crippen molar-refractivity contribution < 1.29 is 14.3 Å². The van der Waals surface area contributed by atoms with E-state index in [0.29, 0.717) is 19.6 Å². The third-order valence-corrected chi connectivity index (χ3v) is 3.95. The van der Waals surface area contributed by atoms with Gasteiger partial charge >= 0.3 is 5.97 Å². The van der Waals surface area contributed by atoms with Crippen molar-refractivity contribution in [3.63, 3.8) is 0 Å². The maximum atomic E-state index is 11.5. The summed E-state index contributed by atoms with van der Waals surface area (Å²) < 4.78 is 10.3. The Morgan fingerprint density at radius 1 is 1.73 bits per heavy atom. The lowest BCUT2D eigenvalue weighted by atomic mass is 10.2. The second-order valence-electron chi connectivity index (χ2n) is 3.31. The largest absolute Gasteiger partial charge is 0.459 e. The van der Waals surface area contributed by atoms with E-state index in [-0.39, 0.29) is 12.1 Å². The van der Waals surface area contributed by atoms with Gasteiger partial charge in [-0.1, -0.05) is 21.6 Å². The van der Waals surface area contributed by atoms with E-state index in [9.17, 15) is 4.79 Å². The molecule has 1 aliphatic rings. The molecule has 0 aromatic heterocycles. The van der Waals surface area contributed by atoms with Crippen LogP contribution in [0.1, 0.15) is 12.8 Å². The van der Waals surface area contributed by atoms with Crippen LogP contribution < -0.4 is 5.73 Å². The molecular formula is C9H17NO3S2. The van der Waals surface area contributed by atoms with Gasteiger partial charge in [-0.05, 0) is 12.7 Å². The van der Waals surface area contributed by atoms with Gasteiger partial charge in [0.1, 0.15) is 12.1 Å². The van der Waals surface area contributed by atoms with E-state index in [1.54, 1.807) is 21.6 Å². The second-order valence-corrected chi connectivity index (χ2v) is 5.99. The number of carbonyl (C=O) groups excluding carboxylic acids is 1. The number of ether oxygens (including phenoxy) is 2. The zero-order chi connectivity index (χ0) is 11.1. The van der Waals surface area contributed by atoms with Gasteiger partial charge in [0, 0.05) is 12.2 Å². The van der Waals surface area contributed by atoms with Gasteiger partial charge < -0.3 is 15.2 Å². The summed E-state index contributed by atoms with van der Waals surface area (Å²) in [5.41, 5.74) is 5.70. The van der Waals surface area contributed by atoms with Crippen molar-refractivity contribution in [2.45, 2.75) is 25.0 Å². The zero-order valence-electron chi connectivity index (χ0n) is 8.81. The van der Waals surface area contributed by atoms with Crippen LogP contribution in [0.15, 0.2) is 0 Å². The highest BCUT2D eigenvalue weighted by atomic mass is 33.1. The molecular weight excluding hydrogens is 234 g/mol. The van der Waals surface area contributed by atoms with Crippen LogP contribution in [0.25, 0.3) is 0 Å². The van der Waals surface area contributed by atoms with Crippen LogP contribution >= 0.6 is 21.6 Å². The Balaban J connectivity index is 2.14. The summed E-state index contributed by atoms with van der Waals surface area (Å²) in [6, 6.07) is -0.495. The molecule has 1 saturated heterocycles. The van der Waals surface area contributed by atoms with E-state index in [2.05, 4.69) is 0 Å². The Labute approximate surface area is 98.0 Å². The molecule has 1 heterocycles. The molecule has 0 amide bonds. The van der Waals surface area contributed by atoms with Gasteiger partial charge in [0.15, 0.2) is 0 Å². The highest BCUT2D eigenvalue weighted by Gasteiger charge is 2.23. The molecule has 6 heteroatoms. The Morgan fingerprint density at radius 2 is 2.53 bits per heavy atom. The van der Waals surface area contributed by atoms with Crippen LogP contribution in [0.3, 0.4) is 0 Å². The van der Waals surface area contributed by atoms with Gasteiger partial charge in [-0.2, -0.15) is 0 Å².